The first kappa shape index (κ1) is 22.4. The molecular weight excluding hydrogens is 523 g/mol. The van der Waals surface area contributed by atoms with Crippen LogP contribution in [0.3, 0.4) is 0 Å². The summed E-state index contributed by atoms with van der Waals surface area (Å²) in [6, 6.07) is 44.8. The summed E-state index contributed by atoms with van der Waals surface area (Å²) < 4.78 is 7.74. The smallest absolute Gasteiger partial charge is 0.0489 e. The number of fused-ring (bicyclic) bond motifs is 9. The lowest BCUT2D eigenvalue weighted by molar-refractivity contribution is 1.01. The maximum absolute atomic E-state index is 2.38. The van der Waals surface area contributed by atoms with Crippen LogP contribution in [0.5, 0.6) is 0 Å². The van der Waals surface area contributed by atoms with Gasteiger partial charge in [0.2, 0.25) is 0 Å². The topological polar surface area (TPSA) is 4.93 Å². The van der Waals surface area contributed by atoms with Crippen LogP contribution in [0.2, 0.25) is 0 Å². The Hall–Kier alpha value is -4.44. The van der Waals surface area contributed by atoms with Crippen molar-refractivity contribution in [1.29, 1.82) is 0 Å². The second kappa shape index (κ2) is 8.28. The zero-order valence-corrected chi connectivity index (χ0v) is 23.4. The Balaban J connectivity index is 1.31. The van der Waals surface area contributed by atoms with Crippen LogP contribution in [0.15, 0.2) is 121 Å². The zero-order valence-electron chi connectivity index (χ0n) is 21.8. The molecule has 1 nitrogen and oxygen atoms in total. The molecule has 9 aromatic rings. The lowest BCUT2D eigenvalue weighted by Crippen LogP contribution is -1.86. The van der Waals surface area contributed by atoms with Crippen LogP contribution in [0, 0.1) is 0 Å². The molecule has 0 fully saturated rings. The summed E-state index contributed by atoms with van der Waals surface area (Å²) in [5.41, 5.74) is 7.77. The predicted octanol–water partition coefficient (Wildman–Crippen LogP) is 11.4. The van der Waals surface area contributed by atoms with Gasteiger partial charge in [-0.2, -0.15) is 0 Å². The quantitative estimate of drug-likeness (QED) is 0.204. The molecule has 0 saturated carbocycles. The lowest BCUT2D eigenvalue weighted by Gasteiger charge is -2.05. The molecular formula is C37H23NS2. The van der Waals surface area contributed by atoms with Crippen molar-refractivity contribution in [3.05, 3.63) is 121 Å². The molecule has 0 unspecified atom stereocenters. The Kier molecular flexibility index (Phi) is 4.63. The summed E-state index contributed by atoms with van der Waals surface area (Å²) in [7, 11) is 2.16. The van der Waals surface area contributed by atoms with Crippen LogP contribution in [0.25, 0.3) is 84.4 Å². The van der Waals surface area contributed by atoms with Crippen LogP contribution < -0.4 is 0 Å². The fourth-order valence-corrected chi connectivity index (χ4v) is 9.15. The molecule has 188 valence electrons. The molecule has 3 heteroatoms. The van der Waals surface area contributed by atoms with Crippen LogP contribution in [-0.2, 0) is 7.05 Å². The molecule has 0 aliphatic heterocycles. The highest BCUT2D eigenvalue weighted by molar-refractivity contribution is 7.27. The van der Waals surface area contributed by atoms with E-state index in [-0.39, 0.29) is 0 Å². The highest BCUT2D eigenvalue weighted by Gasteiger charge is 2.17. The molecule has 6 aromatic carbocycles. The summed E-state index contributed by atoms with van der Waals surface area (Å²) in [5, 5.41) is 7.98. The van der Waals surface area contributed by atoms with Gasteiger partial charge in [0.25, 0.3) is 0 Å². The van der Waals surface area contributed by atoms with E-state index in [9.17, 15) is 0 Å². The van der Waals surface area contributed by atoms with Gasteiger partial charge in [-0.3, -0.25) is 0 Å². The lowest BCUT2D eigenvalue weighted by atomic mass is 9.98. The molecule has 3 aromatic heterocycles. The molecule has 0 radical (unpaired) electrons. The van der Waals surface area contributed by atoms with Crippen LogP contribution in [-0.4, -0.2) is 4.57 Å². The molecule has 0 aliphatic rings. The molecule has 0 bridgehead atoms. The van der Waals surface area contributed by atoms with Crippen molar-refractivity contribution >= 4 is 84.8 Å². The number of aromatic nitrogens is 1. The molecule has 0 atom stereocenters. The van der Waals surface area contributed by atoms with Crippen LogP contribution >= 0.6 is 22.7 Å². The van der Waals surface area contributed by atoms with Gasteiger partial charge in [0, 0.05) is 80.3 Å². The first-order valence-corrected chi connectivity index (χ1v) is 15.2. The number of nitrogens with zero attached hydrogens (tertiary/aromatic N) is 1. The number of aryl methyl sites for hydroxylation is 1. The number of para-hydroxylation sites is 1. The third-order valence-electron chi connectivity index (χ3n) is 8.44. The van der Waals surface area contributed by atoms with Gasteiger partial charge in [0.1, 0.15) is 0 Å². The van der Waals surface area contributed by atoms with E-state index in [1.807, 2.05) is 22.7 Å². The van der Waals surface area contributed by atoms with Gasteiger partial charge in [-0.1, -0.05) is 97.1 Å². The van der Waals surface area contributed by atoms with Crippen molar-refractivity contribution in [2.24, 2.45) is 7.05 Å². The number of hydrogen-bond acceptors (Lipinski definition) is 2. The second-order valence-corrected chi connectivity index (χ2v) is 12.6. The van der Waals surface area contributed by atoms with E-state index in [4.69, 9.17) is 0 Å². The molecule has 9 rings (SSSR count). The Labute approximate surface area is 239 Å². The minimum absolute atomic E-state index is 1.27. The fraction of sp³-hybridized carbons (Fsp3) is 0.0270. The minimum Gasteiger partial charge on any atom is -0.344 e. The highest BCUT2D eigenvalue weighted by Crippen LogP contribution is 2.47. The van der Waals surface area contributed by atoms with Crippen molar-refractivity contribution in [3.8, 4) is 22.3 Å². The van der Waals surface area contributed by atoms with Crippen LogP contribution in [0.4, 0.5) is 0 Å². The maximum Gasteiger partial charge on any atom is 0.0489 e. The van der Waals surface area contributed by atoms with Crippen LogP contribution in [0.1, 0.15) is 0 Å². The van der Waals surface area contributed by atoms with Crippen molar-refractivity contribution in [2.75, 3.05) is 0 Å². The average Bonchev–Trinajstić information content (AvgIpc) is 3.67. The molecule has 0 spiro atoms. The summed E-state index contributed by atoms with van der Waals surface area (Å²) in [4.78, 5) is 0. The van der Waals surface area contributed by atoms with Gasteiger partial charge < -0.3 is 4.57 Å². The largest absolute Gasteiger partial charge is 0.344 e. The Morgan fingerprint density at radius 2 is 0.975 bits per heavy atom. The standard InChI is InChI=1S/C37H23NS2/c1-38-32-17-4-2-9-24(32)31-21-22(19-20-33(31)38)23-11-6-13-27-29-15-8-16-30(37(29)40-35(23)27)28-14-7-12-26-25-10-3-5-18-34(25)39-36(26)28/h2-21H,1H3. The monoisotopic (exact) mass is 545 g/mol. The van der Waals surface area contributed by atoms with Crippen molar-refractivity contribution in [3.63, 3.8) is 0 Å². The summed E-state index contributed by atoms with van der Waals surface area (Å²) in [5.74, 6) is 0. The van der Waals surface area contributed by atoms with Crippen molar-refractivity contribution in [1.82, 2.24) is 4.57 Å². The van der Waals surface area contributed by atoms with Crippen molar-refractivity contribution < 1.29 is 0 Å². The molecule has 40 heavy (non-hydrogen) atoms. The minimum atomic E-state index is 1.27. The third-order valence-corrected chi connectivity index (χ3v) is 11.0. The van der Waals surface area contributed by atoms with E-state index in [1.54, 1.807) is 0 Å². The fourth-order valence-electron chi connectivity index (χ4n) is 6.55. The van der Waals surface area contributed by atoms with E-state index >= 15 is 0 Å². The normalized spacial score (nSPS) is 12.1. The van der Waals surface area contributed by atoms with E-state index in [0.717, 1.165) is 0 Å². The summed E-state index contributed by atoms with van der Waals surface area (Å²) in [6.07, 6.45) is 0. The SMILES string of the molecule is Cn1c2ccccc2c2cc(-c3cccc4c3sc3c(-c5cccc6c5sc5ccccc56)cccc34)ccc21. The first-order chi connectivity index (χ1) is 19.8. The van der Waals surface area contributed by atoms with Gasteiger partial charge in [-0.05, 0) is 35.4 Å². The van der Waals surface area contributed by atoms with E-state index in [2.05, 4.69) is 133 Å². The zero-order chi connectivity index (χ0) is 26.4. The predicted molar refractivity (Wildman–Crippen MR) is 177 cm³/mol. The Morgan fingerprint density at radius 1 is 0.425 bits per heavy atom. The van der Waals surface area contributed by atoms with Gasteiger partial charge in [-0.25, -0.2) is 0 Å². The number of thiophene rings is 2. The van der Waals surface area contributed by atoms with E-state index in [0.29, 0.717) is 0 Å². The average molecular weight is 546 g/mol. The summed E-state index contributed by atoms with van der Waals surface area (Å²) in [6.45, 7) is 0. The molecule has 0 amide bonds. The molecule has 0 aliphatic carbocycles. The number of hydrogen-bond donors (Lipinski definition) is 0. The summed E-state index contributed by atoms with van der Waals surface area (Å²) >= 11 is 3.84. The first-order valence-electron chi connectivity index (χ1n) is 13.6. The molecule has 0 N–H and O–H groups in total. The maximum atomic E-state index is 2.38. The Morgan fingerprint density at radius 3 is 1.75 bits per heavy atom. The van der Waals surface area contributed by atoms with Crippen molar-refractivity contribution in [2.45, 2.75) is 0 Å². The molecule has 0 saturated heterocycles. The number of rotatable bonds is 2. The van der Waals surface area contributed by atoms with E-state index < -0.39 is 0 Å². The third kappa shape index (κ3) is 3.02. The van der Waals surface area contributed by atoms with Gasteiger partial charge in [-0.15, -0.1) is 22.7 Å². The van der Waals surface area contributed by atoms with Gasteiger partial charge in [0.15, 0.2) is 0 Å². The highest BCUT2D eigenvalue weighted by atomic mass is 32.1. The Bertz CT molecular complexity index is 2450. The van der Waals surface area contributed by atoms with E-state index in [1.165, 1.54) is 84.4 Å². The van der Waals surface area contributed by atoms with Gasteiger partial charge >= 0.3 is 0 Å². The second-order valence-electron chi connectivity index (χ2n) is 10.6. The molecule has 3 heterocycles. The number of benzene rings is 6. The van der Waals surface area contributed by atoms with Gasteiger partial charge in [0.05, 0.1) is 0 Å².